The molecule has 5 rings (SSSR count). The molecule has 1 aliphatic heterocycles. The Balaban J connectivity index is 1.64. The molecule has 0 bridgehead atoms. The summed E-state index contributed by atoms with van der Waals surface area (Å²) in [6.07, 6.45) is 4.39. The highest BCUT2D eigenvalue weighted by atomic mass is 35.5. The van der Waals surface area contributed by atoms with Crippen molar-refractivity contribution in [2.45, 2.75) is 52.5 Å². The summed E-state index contributed by atoms with van der Waals surface area (Å²) in [4.78, 5) is 29.4. The first kappa shape index (κ1) is 26.8. The second-order valence-electron chi connectivity index (χ2n) is 10.0. The van der Waals surface area contributed by atoms with E-state index in [-0.39, 0.29) is 11.2 Å². The van der Waals surface area contributed by atoms with Crippen molar-refractivity contribution in [1.82, 2.24) is 0 Å². The Kier molecular flexibility index (Phi) is 7.67. The normalized spacial score (nSPS) is 14.6. The maximum atomic E-state index is 13.9. The SMILES string of the molecule is CCCCCCOc1ccc(C2c3c(oc4ccc(C)cc4c3=O)C(=O)N2c2ccc(C)c(Cl)c2)cc1OC. The number of hydrogen-bond acceptors (Lipinski definition) is 5. The Morgan fingerprint density at radius 2 is 1.77 bits per heavy atom. The molecular weight excluding hydrogens is 514 g/mol. The minimum Gasteiger partial charge on any atom is -0.493 e. The Hall–Kier alpha value is -3.77. The molecule has 6 nitrogen and oxygen atoms in total. The van der Waals surface area contributed by atoms with Crippen LogP contribution in [0, 0.1) is 13.8 Å². The van der Waals surface area contributed by atoms with E-state index in [1.165, 1.54) is 6.42 Å². The molecule has 0 saturated carbocycles. The summed E-state index contributed by atoms with van der Waals surface area (Å²) >= 11 is 6.47. The van der Waals surface area contributed by atoms with E-state index >= 15 is 0 Å². The van der Waals surface area contributed by atoms with Gasteiger partial charge in [0.2, 0.25) is 5.76 Å². The number of carbonyl (C=O) groups is 1. The number of benzene rings is 3. The molecule has 0 aliphatic carbocycles. The number of methoxy groups -OCH3 is 1. The van der Waals surface area contributed by atoms with Gasteiger partial charge in [0, 0.05) is 10.7 Å². The van der Waals surface area contributed by atoms with Crippen LogP contribution in [0.2, 0.25) is 5.02 Å². The molecule has 1 unspecified atom stereocenters. The Morgan fingerprint density at radius 3 is 2.51 bits per heavy atom. The Labute approximate surface area is 233 Å². The maximum Gasteiger partial charge on any atom is 0.295 e. The van der Waals surface area contributed by atoms with Gasteiger partial charge in [-0.15, -0.1) is 0 Å². The van der Waals surface area contributed by atoms with Crippen molar-refractivity contribution >= 4 is 34.2 Å². The number of hydrogen-bond donors (Lipinski definition) is 0. The predicted octanol–water partition coefficient (Wildman–Crippen LogP) is 7.78. The van der Waals surface area contributed by atoms with Crippen LogP contribution in [0.25, 0.3) is 11.0 Å². The first-order valence-electron chi connectivity index (χ1n) is 13.3. The Bertz CT molecular complexity index is 1610. The van der Waals surface area contributed by atoms with Gasteiger partial charge in [0.25, 0.3) is 5.91 Å². The van der Waals surface area contributed by atoms with Crippen molar-refractivity contribution in [3.63, 3.8) is 0 Å². The van der Waals surface area contributed by atoms with Crippen molar-refractivity contribution in [2.24, 2.45) is 0 Å². The summed E-state index contributed by atoms with van der Waals surface area (Å²) in [7, 11) is 1.58. The maximum absolute atomic E-state index is 13.9. The van der Waals surface area contributed by atoms with Crippen molar-refractivity contribution in [3.05, 3.63) is 97.9 Å². The summed E-state index contributed by atoms with van der Waals surface area (Å²) in [5.41, 5.74) is 3.53. The molecule has 1 atom stereocenters. The van der Waals surface area contributed by atoms with Crippen LogP contribution >= 0.6 is 11.6 Å². The van der Waals surface area contributed by atoms with E-state index in [1.54, 1.807) is 30.2 Å². The number of amides is 1. The smallest absolute Gasteiger partial charge is 0.295 e. The van der Waals surface area contributed by atoms with Gasteiger partial charge in [-0.25, -0.2) is 0 Å². The summed E-state index contributed by atoms with van der Waals surface area (Å²) in [5, 5.41) is 0.966. The van der Waals surface area contributed by atoms with Gasteiger partial charge in [-0.05, 0) is 67.8 Å². The van der Waals surface area contributed by atoms with E-state index in [9.17, 15) is 9.59 Å². The molecule has 4 aromatic rings. The van der Waals surface area contributed by atoms with Gasteiger partial charge in [-0.2, -0.15) is 0 Å². The number of rotatable bonds is 9. The quantitative estimate of drug-likeness (QED) is 0.201. The van der Waals surface area contributed by atoms with Gasteiger partial charge >= 0.3 is 0 Å². The molecule has 0 fully saturated rings. The number of nitrogens with zero attached hydrogens (tertiary/aromatic N) is 1. The van der Waals surface area contributed by atoms with Gasteiger partial charge < -0.3 is 13.9 Å². The number of unbranched alkanes of at least 4 members (excludes halogenated alkanes) is 3. The zero-order valence-corrected chi connectivity index (χ0v) is 23.4. The van der Waals surface area contributed by atoms with E-state index in [1.807, 2.05) is 50.2 Å². The lowest BCUT2D eigenvalue weighted by molar-refractivity contribution is 0.0971. The fourth-order valence-corrected chi connectivity index (χ4v) is 5.26. The standard InChI is InChI=1S/C32H32ClNO5/c1-5-6-7-8-15-38-26-14-11-21(17-27(26)37-4)29-28-30(35)23-16-19(2)9-13-25(23)39-31(28)32(36)34(29)22-12-10-20(3)24(33)18-22/h9-14,16-18,29H,5-8,15H2,1-4H3. The highest BCUT2D eigenvalue weighted by Crippen LogP contribution is 2.44. The average Bonchev–Trinajstić information content (AvgIpc) is 3.23. The lowest BCUT2D eigenvalue weighted by Crippen LogP contribution is -2.29. The lowest BCUT2D eigenvalue weighted by atomic mass is 9.97. The summed E-state index contributed by atoms with van der Waals surface area (Å²) < 4.78 is 17.8. The third kappa shape index (κ3) is 5.01. The number of halogens is 1. The molecule has 1 aromatic heterocycles. The largest absolute Gasteiger partial charge is 0.493 e. The Morgan fingerprint density at radius 1 is 0.949 bits per heavy atom. The van der Waals surface area contributed by atoms with Gasteiger partial charge in [-0.1, -0.05) is 61.5 Å². The van der Waals surface area contributed by atoms with Crippen LogP contribution in [0.15, 0.2) is 63.8 Å². The average molecular weight is 546 g/mol. The molecule has 3 aromatic carbocycles. The molecule has 7 heteroatoms. The topological polar surface area (TPSA) is 69.0 Å². The molecule has 0 spiro atoms. The first-order valence-corrected chi connectivity index (χ1v) is 13.7. The first-order chi connectivity index (χ1) is 18.8. The van der Waals surface area contributed by atoms with Gasteiger partial charge in [0.1, 0.15) is 5.58 Å². The van der Waals surface area contributed by atoms with Crippen molar-refractivity contribution in [3.8, 4) is 11.5 Å². The fraction of sp³-hybridized carbons (Fsp3) is 0.312. The molecule has 2 heterocycles. The van der Waals surface area contributed by atoms with Crippen molar-refractivity contribution < 1.29 is 18.7 Å². The third-order valence-electron chi connectivity index (χ3n) is 7.22. The van der Waals surface area contributed by atoms with E-state index in [2.05, 4.69) is 6.92 Å². The van der Waals surface area contributed by atoms with E-state index in [0.717, 1.165) is 30.4 Å². The van der Waals surface area contributed by atoms with E-state index < -0.39 is 11.9 Å². The molecule has 0 radical (unpaired) electrons. The zero-order chi connectivity index (χ0) is 27.7. The number of anilines is 1. The second kappa shape index (κ2) is 11.1. The monoisotopic (exact) mass is 545 g/mol. The number of ether oxygens (including phenoxy) is 2. The minimum absolute atomic E-state index is 0.0354. The van der Waals surface area contributed by atoms with E-state index in [4.69, 9.17) is 25.5 Å². The van der Waals surface area contributed by atoms with Crippen molar-refractivity contribution in [1.29, 1.82) is 0 Å². The third-order valence-corrected chi connectivity index (χ3v) is 7.63. The lowest BCUT2D eigenvalue weighted by Gasteiger charge is -2.26. The van der Waals surface area contributed by atoms with Crippen LogP contribution in [-0.2, 0) is 0 Å². The molecule has 0 N–H and O–H groups in total. The highest BCUT2D eigenvalue weighted by Gasteiger charge is 2.44. The van der Waals surface area contributed by atoms with Gasteiger partial charge in [0.05, 0.1) is 30.7 Å². The number of carbonyl (C=O) groups excluding carboxylic acids is 1. The molecule has 202 valence electrons. The molecule has 1 amide bonds. The van der Waals surface area contributed by atoms with Crippen LogP contribution < -0.4 is 19.8 Å². The summed E-state index contributed by atoms with van der Waals surface area (Å²) in [6.45, 7) is 6.58. The molecule has 39 heavy (non-hydrogen) atoms. The van der Waals surface area contributed by atoms with Gasteiger partial charge in [0.15, 0.2) is 16.9 Å². The van der Waals surface area contributed by atoms with Crippen LogP contribution in [0.1, 0.15) is 71.5 Å². The minimum atomic E-state index is -0.736. The summed E-state index contributed by atoms with van der Waals surface area (Å²) in [6, 6.07) is 15.6. The zero-order valence-electron chi connectivity index (χ0n) is 22.7. The fourth-order valence-electron chi connectivity index (χ4n) is 5.08. The van der Waals surface area contributed by atoms with Crippen LogP contribution in [0.3, 0.4) is 0 Å². The molecular formula is C32H32ClNO5. The second-order valence-corrected chi connectivity index (χ2v) is 10.4. The van der Waals surface area contributed by atoms with Gasteiger partial charge in [-0.3, -0.25) is 14.5 Å². The van der Waals surface area contributed by atoms with Crippen LogP contribution in [0.5, 0.6) is 11.5 Å². The molecule has 0 saturated heterocycles. The number of aryl methyl sites for hydroxylation is 2. The summed E-state index contributed by atoms with van der Waals surface area (Å²) in [5.74, 6) is 0.790. The molecule has 1 aliphatic rings. The highest BCUT2D eigenvalue weighted by molar-refractivity contribution is 6.31. The van der Waals surface area contributed by atoms with E-state index in [0.29, 0.717) is 50.9 Å². The number of fused-ring (bicyclic) bond motifs is 2. The van der Waals surface area contributed by atoms with Crippen LogP contribution in [-0.4, -0.2) is 19.6 Å². The van der Waals surface area contributed by atoms with Crippen molar-refractivity contribution in [2.75, 3.05) is 18.6 Å². The van der Waals surface area contributed by atoms with Crippen LogP contribution in [0.4, 0.5) is 5.69 Å². The predicted molar refractivity (Wildman–Crippen MR) is 155 cm³/mol.